The molecule has 0 heterocycles. The second-order valence-corrected chi connectivity index (χ2v) is 5.60. The van der Waals surface area contributed by atoms with E-state index in [1.165, 1.54) is 29.7 Å². The summed E-state index contributed by atoms with van der Waals surface area (Å²) in [5.41, 5.74) is 4.51. The van der Waals surface area contributed by atoms with Gasteiger partial charge in [0.2, 0.25) is 0 Å². The van der Waals surface area contributed by atoms with E-state index in [4.69, 9.17) is 4.74 Å². The highest BCUT2D eigenvalue weighted by Gasteiger charge is 2.13. The van der Waals surface area contributed by atoms with Crippen LogP contribution in [0.1, 0.15) is 41.7 Å². The molecule has 1 aliphatic carbocycles. The van der Waals surface area contributed by atoms with E-state index < -0.39 is 6.10 Å². The van der Waals surface area contributed by atoms with Crippen molar-refractivity contribution in [3.05, 3.63) is 64.5 Å². The molecule has 3 rings (SSSR count). The Kier molecular flexibility index (Phi) is 3.93. The molecule has 0 amide bonds. The smallest absolute Gasteiger partial charge is 0.128 e. The minimum atomic E-state index is -0.680. The number of fused-ring (bicyclic) bond motifs is 1. The van der Waals surface area contributed by atoms with E-state index in [0.717, 1.165) is 18.4 Å². The number of ether oxygens (including phenoxy) is 1. The summed E-state index contributed by atoms with van der Waals surface area (Å²) in [6.07, 6.45) is 2.82. The van der Waals surface area contributed by atoms with Crippen LogP contribution in [0.5, 0.6) is 5.75 Å². The molecule has 1 aliphatic rings. The van der Waals surface area contributed by atoms with Crippen LogP contribution in [-0.4, -0.2) is 5.11 Å². The Bertz CT molecular complexity index is 650. The standard InChI is InChI=1S/C18H19FO2/c1-12(20)17-8-7-16(19)10-18(17)21-11-13-5-6-14-3-2-4-15(14)9-13/h5-10,12,20H,2-4,11H2,1H3. The number of halogens is 1. The van der Waals surface area contributed by atoms with Crippen LogP contribution in [0.15, 0.2) is 36.4 Å². The highest BCUT2D eigenvalue weighted by atomic mass is 19.1. The van der Waals surface area contributed by atoms with Crippen molar-refractivity contribution in [1.29, 1.82) is 0 Å². The van der Waals surface area contributed by atoms with Crippen molar-refractivity contribution in [2.24, 2.45) is 0 Å². The highest BCUT2D eigenvalue weighted by molar-refractivity contribution is 5.37. The maximum absolute atomic E-state index is 13.4. The van der Waals surface area contributed by atoms with E-state index in [-0.39, 0.29) is 5.82 Å². The van der Waals surface area contributed by atoms with E-state index in [0.29, 0.717) is 17.9 Å². The zero-order valence-electron chi connectivity index (χ0n) is 12.1. The van der Waals surface area contributed by atoms with Crippen LogP contribution in [0.2, 0.25) is 0 Å². The predicted octanol–water partition coefficient (Wildman–Crippen LogP) is 3.95. The van der Waals surface area contributed by atoms with Gasteiger partial charge in [0.25, 0.3) is 0 Å². The summed E-state index contributed by atoms with van der Waals surface area (Å²) in [7, 11) is 0. The van der Waals surface area contributed by atoms with E-state index in [9.17, 15) is 9.50 Å². The molecular formula is C18H19FO2. The molecule has 2 aromatic rings. The van der Waals surface area contributed by atoms with Gasteiger partial charge in [0.15, 0.2) is 0 Å². The van der Waals surface area contributed by atoms with Crippen LogP contribution in [0.4, 0.5) is 4.39 Å². The van der Waals surface area contributed by atoms with Gasteiger partial charge in [0.05, 0.1) is 6.10 Å². The summed E-state index contributed by atoms with van der Waals surface area (Å²) >= 11 is 0. The van der Waals surface area contributed by atoms with Crippen LogP contribution in [0.3, 0.4) is 0 Å². The highest BCUT2D eigenvalue weighted by Crippen LogP contribution is 2.28. The Balaban J connectivity index is 1.77. The van der Waals surface area contributed by atoms with Gasteiger partial charge in [-0.3, -0.25) is 0 Å². The minimum Gasteiger partial charge on any atom is -0.488 e. The summed E-state index contributed by atoms with van der Waals surface area (Å²) in [5.74, 6) is 0.0499. The van der Waals surface area contributed by atoms with Crippen LogP contribution < -0.4 is 4.74 Å². The molecular weight excluding hydrogens is 267 g/mol. The van der Waals surface area contributed by atoms with Crippen LogP contribution in [0, 0.1) is 5.82 Å². The van der Waals surface area contributed by atoms with E-state index in [1.807, 2.05) is 0 Å². The van der Waals surface area contributed by atoms with Crippen molar-refractivity contribution >= 4 is 0 Å². The van der Waals surface area contributed by atoms with Gasteiger partial charge in [-0.05, 0) is 55.0 Å². The fraction of sp³-hybridized carbons (Fsp3) is 0.333. The summed E-state index contributed by atoms with van der Waals surface area (Å²) in [5, 5.41) is 9.72. The van der Waals surface area contributed by atoms with Gasteiger partial charge in [-0.25, -0.2) is 4.39 Å². The van der Waals surface area contributed by atoms with Crippen molar-refractivity contribution in [1.82, 2.24) is 0 Å². The Morgan fingerprint density at radius 1 is 1.14 bits per heavy atom. The van der Waals surface area contributed by atoms with Gasteiger partial charge in [-0.1, -0.05) is 18.2 Å². The minimum absolute atomic E-state index is 0.358. The Morgan fingerprint density at radius 3 is 2.76 bits per heavy atom. The first kappa shape index (κ1) is 14.1. The molecule has 1 unspecified atom stereocenters. The lowest BCUT2D eigenvalue weighted by molar-refractivity contribution is 0.190. The largest absolute Gasteiger partial charge is 0.488 e. The van der Waals surface area contributed by atoms with Crippen molar-refractivity contribution in [2.75, 3.05) is 0 Å². The topological polar surface area (TPSA) is 29.5 Å². The van der Waals surface area contributed by atoms with Gasteiger partial charge in [0.1, 0.15) is 18.2 Å². The van der Waals surface area contributed by atoms with E-state index in [1.54, 1.807) is 13.0 Å². The Labute approximate surface area is 124 Å². The van der Waals surface area contributed by atoms with Gasteiger partial charge in [-0.2, -0.15) is 0 Å². The lowest BCUT2D eigenvalue weighted by Gasteiger charge is -2.14. The number of hydrogen-bond acceptors (Lipinski definition) is 2. The number of aliphatic hydroxyl groups is 1. The number of aryl methyl sites for hydroxylation is 2. The molecule has 2 aromatic carbocycles. The maximum atomic E-state index is 13.4. The van der Waals surface area contributed by atoms with Gasteiger partial charge < -0.3 is 9.84 Å². The molecule has 0 aliphatic heterocycles. The van der Waals surface area contributed by atoms with E-state index in [2.05, 4.69) is 18.2 Å². The van der Waals surface area contributed by atoms with Gasteiger partial charge in [0, 0.05) is 11.6 Å². The number of benzene rings is 2. The molecule has 21 heavy (non-hydrogen) atoms. The first-order chi connectivity index (χ1) is 10.1. The van der Waals surface area contributed by atoms with Crippen molar-refractivity contribution in [2.45, 2.75) is 38.9 Å². The Morgan fingerprint density at radius 2 is 1.95 bits per heavy atom. The first-order valence-corrected chi connectivity index (χ1v) is 7.34. The molecule has 0 saturated carbocycles. The van der Waals surface area contributed by atoms with Crippen LogP contribution >= 0.6 is 0 Å². The van der Waals surface area contributed by atoms with Crippen molar-refractivity contribution < 1.29 is 14.2 Å². The molecule has 0 saturated heterocycles. The third-order valence-corrected chi connectivity index (χ3v) is 3.98. The molecule has 3 heteroatoms. The third-order valence-electron chi connectivity index (χ3n) is 3.98. The lowest BCUT2D eigenvalue weighted by atomic mass is 10.1. The molecule has 0 spiro atoms. The third kappa shape index (κ3) is 3.08. The van der Waals surface area contributed by atoms with Gasteiger partial charge >= 0.3 is 0 Å². The van der Waals surface area contributed by atoms with Crippen molar-refractivity contribution in [3.63, 3.8) is 0 Å². The van der Waals surface area contributed by atoms with Crippen LogP contribution in [-0.2, 0) is 19.4 Å². The fourth-order valence-corrected chi connectivity index (χ4v) is 2.85. The summed E-state index contributed by atoms with van der Waals surface area (Å²) < 4.78 is 19.1. The Hall–Kier alpha value is -1.87. The lowest BCUT2D eigenvalue weighted by Crippen LogP contribution is -2.02. The molecule has 0 radical (unpaired) electrons. The first-order valence-electron chi connectivity index (χ1n) is 7.34. The summed E-state index contributed by atoms with van der Waals surface area (Å²) in [6.45, 7) is 2.03. The second-order valence-electron chi connectivity index (χ2n) is 5.60. The average molecular weight is 286 g/mol. The fourth-order valence-electron chi connectivity index (χ4n) is 2.85. The predicted molar refractivity (Wildman–Crippen MR) is 79.8 cm³/mol. The zero-order valence-corrected chi connectivity index (χ0v) is 12.1. The SMILES string of the molecule is CC(O)c1ccc(F)cc1OCc1ccc2c(c1)CCC2. The maximum Gasteiger partial charge on any atom is 0.128 e. The molecule has 110 valence electrons. The zero-order chi connectivity index (χ0) is 14.8. The molecule has 0 aromatic heterocycles. The normalized spacial score (nSPS) is 14.8. The quantitative estimate of drug-likeness (QED) is 0.922. The number of rotatable bonds is 4. The van der Waals surface area contributed by atoms with E-state index >= 15 is 0 Å². The van der Waals surface area contributed by atoms with Crippen molar-refractivity contribution in [3.8, 4) is 5.75 Å². The molecule has 2 nitrogen and oxygen atoms in total. The molecule has 1 N–H and O–H groups in total. The molecule has 0 bridgehead atoms. The molecule has 0 fully saturated rings. The number of hydrogen-bond donors (Lipinski definition) is 1. The number of aliphatic hydroxyl groups excluding tert-OH is 1. The summed E-state index contributed by atoms with van der Waals surface area (Å²) in [6, 6.07) is 10.6. The van der Waals surface area contributed by atoms with Crippen LogP contribution in [0.25, 0.3) is 0 Å². The summed E-state index contributed by atoms with van der Waals surface area (Å²) in [4.78, 5) is 0. The average Bonchev–Trinajstić information content (AvgIpc) is 2.92. The molecule has 1 atom stereocenters. The second kappa shape index (κ2) is 5.86. The van der Waals surface area contributed by atoms with Gasteiger partial charge in [-0.15, -0.1) is 0 Å². The monoisotopic (exact) mass is 286 g/mol.